The van der Waals surface area contributed by atoms with Crippen LogP contribution in [0.25, 0.3) is 0 Å². The highest BCUT2D eigenvalue weighted by atomic mass is 16.5. The molecule has 1 N–H and O–H groups in total. The molecule has 112 valence electrons. The molecule has 1 aliphatic heterocycles. The van der Waals surface area contributed by atoms with Crippen molar-refractivity contribution < 1.29 is 19.1 Å². The number of nitrogens with one attached hydrogen (secondary N) is 1. The van der Waals surface area contributed by atoms with Crippen LogP contribution in [0.15, 0.2) is 18.2 Å². The lowest BCUT2D eigenvalue weighted by Gasteiger charge is -2.12. The largest absolute Gasteiger partial charge is 0.466 e. The molecule has 1 atom stereocenters. The van der Waals surface area contributed by atoms with Gasteiger partial charge in [-0.15, -0.1) is 0 Å². The molecule has 1 unspecified atom stereocenters. The Morgan fingerprint density at radius 3 is 2.62 bits per heavy atom. The highest BCUT2D eigenvalue weighted by Gasteiger charge is 2.32. The lowest BCUT2D eigenvalue weighted by molar-refractivity contribution is -0.146. The van der Waals surface area contributed by atoms with Gasteiger partial charge in [0, 0.05) is 19.3 Å². The number of ether oxygens (including phenoxy) is 1. The van der Waals surface area contributed by atoms with Crippen molar-refractivity contribution in [2.45, 2.75) is 13.8 Å². The number of nitrogens with zero attached hydrogens (tertiary/aromatic N) is 1. The van der Waals surface area contributed by atoms with Gasteiger partial charge < -0.3 is 10.1 Å². The average Bonchev–Trinajstić information content (AvgIpc) is 2.69. The number of amides is 2. The fourth-order valence-electron chi connectivity index (χ4n) is 2.11. The van der Waals surface area contributed by atoms with Crippen LogP contribution in [0.3, 0.4) is 0 Å². The van der Waals surface area contributed by atoms with Crippen LogP contribution in [-0.4, -0.2) is 42.9 Å². The molecule has 0 saturated heterocycles. The van der Waals surface area contributed by atoms with E-state index in [9.17, 15) is 14.4 Å². The van der Waals surface area contributed by atoms with Gasteiger partial charge in [0.1, 0.15) is 0 Å². The summed E-state index contributed by atoms with van der Waals surface area (Å²) in [6.07, 6.45) is 0. The Balaban J connectivity index is 2.06. The first-order valence-electron chi connectivity index (χ1n) is 6.82. The molecule has 0 aromatic heterocycles. The monoisotopic (exact) mass is 290 g/mol. The van der Waals surface area contributed by atoms with Gasteiger partial charge in [0.2, 0.25) is 0 Å². The maximum Gasteiger partial charge on any atom is 0.310 e. The molecule has 21 heavy (non-hydrogen) atoms. The molecule has 0 radical (unpaired) electrons. The average molecular weight is 290 g/mol. The second-order valence-electron chi connectivity index (χ2n) is 4.96. The summed E-state index contributed by atoms with van der Waals surface area (Å²) in [5, 5.41) is 3.08. The number of benzene rings is 1. The maximum atomic E-state index is 11.9. The zero-order valence-corrected chi connectivity index (χ0v) is 12.3. The first-order chi connectivity index (χ1) is 9.95. The van der Waals surface area contributed by atoms with Crippen molar-refractivity contribution in [1.29, 1.82) is 0 Å². The fraction of sp³-hybridized carbons (Fsp3) is 0.400. The Morgan fingerprint density at radius 1 is 1.29 bits per heavy atom. The number of hydrogen-bond acceptors (Lipinski definition) is 5. The van der Waals surface area contributed by atoms with Crippen LogP contribution in [0.5, 0.6) is 0 Å². The van der Waals surface area contributed by atoms with E-state index < -0.39 is 0 Å². The number of hydrogen-bond donors (Lipinski definition) is 1. The van der Waals surface area contributed by atoms with Crippen molar-refractivity contribution in [3.63, 3.8) is 0 Å². The van der Waals surface area contributed by atoms with Gasteiger partial charge in [-0.05, 0) is 25.1 Å². The number of fused-ring (bicyclic) bond motifs is 1. The zero-order valence-electron chi connectivity index (χ0n) is 12.3. The number of imide groups is 1. The molecule has 6 nitrogen and oxygen atoms in total. The smallest absolute Gasteiger partial charge is 0.310 e. The summed E-state index contributed by atoms with van der Waals surface area (Å²) >= 11 is 0. The van der Waals surface area contributed by atoms with Crippen molar-refractivity contribution in [3.8, 4) is 0 Å². The van der Waals surface area contributed by atoms with Crippen molar-refractivity contribution in [2.24, 2.45) is 5.92 Å². The number of carbonyl (C=O) groups is 3. The highest BCUT2D eigenvalue weighted by molar-refractivity contribution is 6.21. The SMILES string of the molecule is CCOC(=O)C(C)CNc1ccc2c(c1)C(=O)N(C)C2=O. The third-order valence-corrected chi connectivity index (χ3v) is 3.39. The molecule has 1 aliphatic rings. The van der Waals surface area contributed by atoms with E-state index in [1.807, 2.05) is 0 Å². The minimum Gasteiger partial charge on any atom is -0.466 e. The van der Waals surface area contributed by atoms with Crippen LogP contribution in [0.2, 0.25) is 0 Å². The molecule has 1 aromatic rings. The number of rotatable bonds is 5. The van der Waals surface area contributed by atoms with E-state index in [-0.39, 0.29) is 23.7 Å². The lowest BCUT2D eigenvalue weighted by atomic mass is 10.1. The second-order valence-corrected chi connectivity index (χ2v) is 4.96. The minimum absolute atomic E-state index is 0.267. The Hall–Kier alpha value is -2.37. The summed E-state index contributed by atoms with van der Waals surface area (Å²) in [5.41, 5.74) is 1.49. The standard InChI is InChI=1S/C15H18N2O4/c1-4-21-15(20)9(2)8-16-10-5-6-11-12(7-10)14(19)17(3)13(11)18/h5-7,9,16H,4,8H2,1-3H3. The van der Waals surface area contributed by atoms with Gasteiger partial charge in [-0.25, -0.2) is 0 Å². The van der Waals surface area contributed by atoms with Crippen molar-refractivity contribution in [3.05, 3.63) is 29.3 Å². The van der Waals surface area contributed by atoms with E-state index in [2.05, 4.69) is 5.32 Å². The van der Waals surface area contributed by atoms with Crippen LogP contribution in [0.4, 0.5) is 5.69 Å². The molecule has 0 fully saturated rings. The predicted molar refractivity (Wildman–Crippen MR) is 77.2 cm³/mol. The van der Waals surface area contributed by atoms with E-state index in [4.69, 9.17) is 4.74 Å². The first-order valence-corrected chi connectivity index (χ1v) is 6.82. The summed E-state index contributed by atoms with van der Waals surface area (Å²) in [5.74, 6) is -1.16. The van der Waals surface area contributed by atoms with Gasteiger partial charge in [0.25, 0.3) is 11.8 Å². The highest BCUT2D eigenvalue weighted by Crippen LogP contribution is 2.24. The molecule has 2 amide bonds. The van der Waals surface area contributed by atoms with E-state index in [1.54, 1.807) is 32.0 Å². The zero-order chi connectivity index (χ0) is 15.6. The van der Waals surface area contributed by atoms with Gasteiger partial charge in [-0.3, -0.25) is 19.3 Å². The third kappa shape index (κ3) is 2.89. The first kappa shape index (κ1) is 15.0. The fourth-order valence-corrected chi connectivity index (χ4v) is 2.11. The summed E-state index contributed by atoms with van der Waals surface area (Å²) in [6, 6.07) is 4.98. The number of esters is 1. The van der Waals surface area contributed by atoms with Crippen LogP contribution < -0.4 is 5.32 Å². The van der Waals surface area contributed by atoms with Gasteiger partial charge in [-0.2, -0.15) is 0 Å². The molecule has 1 heterocycles. The van der Waals surface area contributed by atoms with Crippen molar-refractivity contribution in [1.82, 2.24) is 4.90 Å². The Bertz CT molecular complexity index is 597. The van der Waals surface area contributed by atoms with Gasteiger partial charge >= 0.3 is 5.97 Å². The Kier molecular flexibility index (Phi) is 4.26. The van der Waals surface area contributed by atoms with Crippen LogP contribution in [0, 0.1) is 5.92 Å². The summed E-state index contributed by atoms with van der Waals surface area (Å²) in [7, 11) is 1.46. The summed E-state index contributed by atoms with van der Waals surface area (Å²) in [4.78, 5) is 36.3. The summed E-state index contributed by atoms with van der Waals surface area (Å²) in [6.45, 7) is 4.28. The topological polar surface area (TPSA) is 75.7 Å². The van der Waals surface area contributed by atoms with Crippen LogP contribution in [0.1, 0.15) is 34.6 Å². The van der Waals surface area contributed by atoms with Crippen LogP contribution >= 0.6 is 0 Å². The van der Waals surface area contributed by atoms with Gasteiger partial charge in [0.05, 0.1) is 23.7 Å². The molecule has 0 saturated carbocycles. The molecule has 6 heteroatoms. The molecular formula is C15H18N2O4. The molecule has 2 rings (SSSR count). The minimum atomic E-state index is -0.308. The second kappa shape index (κ2) is 5.95. The van der Waals surface area contributed by atoms with E-state index in [0.29, 0.717) is 30.0 Å². The molecule has 1 aromatic carbocycles. The molecular weight excluding hydrogens is 272 g/mol. The maximum absolute atomic E-state index is 11.9. The van der Waals surface area contributed by atoms with Crippen molar-refractivity contribution >= 4 is 23.5 Å². The van der Waals surface area contributed by atoms with E-state index in [1.165, 1.54) is 7.05 Å². The third-order valence-electron chi connectivity index (χ3n) is 3.39. The predicted octanol–water partition coefficient (Wildman–Crippen LogP) is 1.52. The number of anilines is 1. The molecule has 0 spiro atoms. The van der Waals surface area contributed by atoms with Gasteiger partial charge in [-0.1, -0.05) is 6.92 Å². The summed E-state index contributed by atoms with van der Waals surface area (Å²) < 4.78 is 4.93. The quantitative estimate of drug-likeness (QED) is 0.657. The van der Waals surface area contributed by atoms with Gasteiger partial charge in [0.15, 0.2) is 0 Å². The van der Waals surface area contributed by atoms with E-state index in [0.717, 1.165) is 4.90 Å². The number of carbonyl (C=O) groups excluding carboxylic acids is 3. The van der Waals surface area contributed by atoms with Crippen LogP contribution in [-0.2, 0) is 9.53 Å². The lowest BCUT2D eigenvalue weighted by Crippen LogP contribution is -2.24. The molecule has 0 bridgehead atoms. The molecule has 0 aliphatic carbocycles. The normalized spacial score (nSPS) is 14.9. The van der Waals surface area contributed by atoms with Crippen molar-refractivity contribution in [2.75, 3.05) is 25.5 Å². The Morgan fingerprint density at radius 2 is 1.95 bits per heavy atom. The van der Waals surface area contributed by atoms with E-state index >= 15 is 0 Å². The Labute approximate surface area is 123 Å².